The van der Waals surface area contributed by atoms with E-state index < -0.39 is 17.9 Å². The van der Waals surface area contributed by atoms with E-state index in [1.54, 1.807) is 24.3 Å². The molecule has 0 fully saturated rings. The Balaban J connectivity index is 1.87. The number of carbonyl (C=O) groups excluding carboxylic acids is 1. The Morgan fingerprint density at radius 2 is 1.32 bits per heavy atom. The highest BCUT2D eigenvalue weighted by atomic mass is 35.5. The third-order valence-corrected chi connectivity index (χ3v) is 4.89. The van der Waals surface area contributed by atoms with E-state index in [2.05, 4.69) is 5.32 Å². The molecule has 0 bridgehead atoms. The van der Waals surface area contributed by atoms with Crippen molar-refractivity contribution >= 4 is 23.5 Å². The molecular formula is C23H20ClNO3. The number of hydrogen-bond acceptors (Lipinski definition) is 2. The molecule has 0 saturated carbocycles. The van der Waals surface area contributed by atoms with Crippen LogP contribution < -0.4 is 5.32 Å². The van der Waals surface area contributed by atoms with Gasteiger partial charge in [-0.3, -0.25) is 4.79 Å². The van der Waals surface area contributed by atoms with E-state index in [-0.39, 0.29) is 12.3 Å². The third-order valence-electron chi connectivity index (χ3n) is 4.52. The van der Waals surface area contributed by atoms with E-state index in [0.717, 1.165) is 11.1 Å². The summed E-state index contributed by atoms with van der Waals surface area (Å²) in [5.74, 6) is -2.07. The smallest absolute Gasteiger partial charge is 0.326 e. The lowest BCUT2D eigenvalue weighted by Gasteiger charge is -2.21. The van der Waals surface area contributed by atoms with Crippen LogP contribution >= 0.6 is 11.6 Å². The summed E-state index contributed by atoms with van der Waals surface area (Å²) in [7, 11) is 0. The fourth-order valence-corrected chi connectivity index (χ4v) is 3.34. The van der Waals surface area contributed by atoms with E-state index in [1.807, 2.05) is 60.7 Å². The molecule has 3 aromatic rings. The summed E-state index contributed by atoms with van der Waals surface area (Å²) < 4.78 is 0. The predicted octanol–water partition coefficient (Wildman–Crippen LogP) is 4.28. The van der Waals surface area contributed by atoms with Gasteiger partial charge in [-0.25, -0.2) is 4.79 Å². The highest BCUT2D eigenvalue weighted by molar-refractivity contribution is 6.31. The minimum atomic E-state index is -1.10. The van der Waals surface area contributed by atoms with E-state index >= 15 is 0 Å². The quantitative estimate of drug-likeness (QED) is 0.629. The van der Waals surface area contributed by atoms with Gasteiger partial charge in [0, 0.05) is 11.4 Å². The van der Waals surface area contributed by atoms with Gasteiger partial charge in [0.05, 0.1) is 5.92 Å². The Hall–Kier alpha value is -3.11. The molecule has 0 aliphatic rings. The number of carboxylic acids is 1. The zero-order chi connectivity index (χ0) is 19.9. The van der Waals surface area contributed by atoms with Crippen molar-refractivity contribution in [3.8, 4) is 0 Å². The van der Waals surface area contributed by atoms with Crippen molar-refractivity contribution in [2.45, 2.75) is 18.4 Å². The average Bonchev–Trinajstić information content (AvgIpc) is 2.71. The minimum absolute atomic E-state index is 0.108. The molecule has 0 unspecified atom stereocenters. The normalized spacial score (nSPS) is 11.8. The molecule has 0 heterocycles. The highest BCUT2D eigenvalue weighted by Gasteiger charge is 2.28. The molecule has 0 aliphatic carbocycles. The van der Waals surface area contributed by atoms with Crippen LogP contribution in [0.3, 0.4) is 0 Å². The maximum atomic E-state index is 13.1. The van der Waals surface area contributed by atoms with Crippen LogP contribution in [0.2, 0.25) is 5.02 Å². The van der Waals surface area contributed by atoms with E-state index in [1.165, 1.54) is 0 Å². The summed E-state index contributed by atoms with van der Waals surface area (Å²) in [6.45, 7) is 0. The molecule has 0 saturated heterocycles. The number of nitrogens with one attached hydrogen (secondary N) is 1. The average molecular weight is 394 g/mol. The van der Waals surface area contributed by atoms with Crippen molar-refractivity contribution < 1.29 is 14.7 Å². The largest absolute Gasteiger partial charge is 0.480 e. The standard InChI is InChI=1S/C23H20ClNO3/c24-19-14-8-7-13-18(19)15-20(23(27)28)25-22(26)21(16-9-3-1-4-10-16)17-11-5-2-6-12-17/h1-14,20-21H,15H2,(H,25,26)(H,27,28)/t20-/m0/s1. The number of carboxylic acid groups (broad SMARTS) is 1. The first-order valence-electron chi connectivity index (χ1n) is 8.92. The summed E-state index contributed by atoms with van der Waals surface area (Å²) in [6.07, 6.45) is 0.108. The van der Waals surface area contributed by atoms with Crippen molar-refractivity contribution in [2.24, 2.45) is 0 Å². The number of amides is 1. The fraction of sp³-hybridized carbons (Fsp3) is 0.130. The van der Waals surface area contributed by atoms with Gasteiger partial charge in [-0.05, 0) is 22.8 Å². The number of halogens is 1. The lowest BCUT2D eigenvalue weighted by molar-refractivity contribution is -0.141. The van der Waals surface area contributed by atoms with Crippen molar-refractivity contribution in [2.75, 3.05) is 0 Å². The van der Waals surface area contributed by atoms with Crippen LogP contribution in [-0.2, 0) is 16.0 Å². The van der Waals surface area contributed by atoms with Gasteiger partial charge in [0.25, 0.3) is 0 Å². The Labute approximate surface area is 168 Å². The second kappa shape index (κ2) is 9.20. The molecule has 2 N–H and O–H groups in total. The van der Waals surface area contributed by atoms with Crippen LogP contribution in [0.25, 0.3) is 0 Å². The Bertz CT molecular complexity index is 905. The van der Waals surface area contributed by atoms with Crippen molar-refractivity contribution in [3.63, 3.8) is 0 Å². The Kier molecular flexibility index (Phi) is 6.45. The zero-order valence-corrected chi connectivity index (χ0v) is 15.8. The summed E-state index contributed by atoms with van der Waals surface area (Å²) in [6, 6.07) is 24.6. The first kappa shape index (κ1) is 19.6. The molecule has 142 valence electrons. The molecule has 0 aliphatic heterocycles. The summed E-state index contributed by atoms with van der Waals surface area (Å²) in [5.41, 5.74) is 2.27. The summed E-state index contributed by atoms with van der Waals surface area (Å²) in [4.78, 5) is 24.9. The van der Waals surface area contributed by atoms with Gasteiger partial charge in [-0.1, -0.05) is 90.5 Å². The SMILES string of the molecule is O=C(N[C@@H](Cc1ccccc1Cl)C(=O)O)C(c1ccccc1)c1ccccc1. The van der Waals surface area contributed by atoms with Gasteiger partial charge in [0.15, 0.2) is 0 Å². The number of carbonyl (C=O) groups is 2. The molecule has 4 nitrogen and oxygen atoms in total. The molecule has 3 aromatic carbocycles. The number of benzene rings is 3. The fourth-order valence-electron chi connectivity index (χ4n) is 3.13. The monoisotopic (exact) mass is 393 g/mol. The van der Waals surface area contributed by atoms with E-state index in [9.17, 15) is 14.7 Å². The second-order valence-electron chi connectivity index (χ2n) is 6.45. The third kappa shape index (κ3) is 4.78. The van der Waals surface area contributed by atoms with Crippen LogP contribution in [0.4, 0.5) is 0 Å². The van der Waals surface area contributed by atoms with Gasteiger partial charge in [0.1, 0.15) is 6.04 Å². The maximum absolute atomic E-state index is 13.1. The first-order chi connectivity index (χ1) is 13.6. The van der Waals surface area contributed by atoms with E-state index in [0.29, 0.717) is 10.6 Å². The van der Waals surface area contributed by atoms with Gasteiger partial charge >= 0.3 is 5.97 Å². The molecule has 28 heavy (non-hydrogen) atoms. The minimum Gasteiger partial charge on any atom is -0.480 e. The molecule has 1 amide bonds. The molecule has 5 heteroatoms. The molecule has 0 aromatic heterocycles. The van der Waals surface area contributed by atoms with Crippen molar-refractivity contribution in [3.05, 3.63) is 107 Å². The predicted molar refractivity (Wildman–Crippen MR) is 109 cm³/mol. The highest BCUT2D eigenvalue weighted by Crippen LogP contribution is 2.25. The molecule has 1 atom stereocenters. The molecule has 0 radical (unpaired) electrons. The van der Waals surface area contributed by atoms with Gasteiger partial charge in [-0.2, -0.15) is 0 Å². The summed E-state index contributed by atoms with van der Waals surface area (Å²) in [5, 5.41) is 12.8. The first-order valence-corrected chi connectivity index (χ1v) is 9.30. The Morgan fingerprint density at radius 3 is 1.82 bits per heavy atom. The summed E-state index contributed by atoms with van der Waals surface area (Å²) >= 11 is 6.16. The second-order valence-corrected chi connectivity index (χ2v) is 6.86. The lowest BCUT2D eigenvalue weighted by atomic mass is 9.90. The van der Waals surface area contributed by atoms with Crippen LogP contribution in [0.1, 0.15) is 22.6 Å². The van der Waals surface area contributed by atoms with Crippen LogP contribution in [-0.4, -0.2) is 23.0 Å². The number of rotatable bonds is 7. The molecule has 3 rings (SSSR count). The number of aliphatic carboxylic acids is 1. The van der Waals surface area contributed by atoms with Gasteiger partial charge in [0.2, 0.25) is 5.91 Å². The van der Waals surface area contributed by atoms with Crippen LogP contribution in [0.15, 0.2) is 84.9 Å². The van der Waals surface area contributed by atoms with Crippen molar-refractivity contribution in [1.29, 1.82) is 0 Å². The number of hydrogen-bond donors (Lipinski definition) is 2. The molecular weight excluding hydrogens is 374 g/mol. The maximum Gasteiger partial charge on any atom is 0.326 e. The van der Waals surface area contributed by atoms with Crippen molar-refractivity contribution in [1.82, 2.24) is 5.32 Å². The van der Waals surface area contributed by atoms with Crippen LogP contribution in [0.5, 0.6) is 0 Å². The van der Waals surface area contributed by atoms with E-state index in [4.69, 9.17) is 11.6 Å². The Morgan fingerprint density at radius 1 is 0.821 bits per heavy atom. The topological polar surface area (TPSA) is 66.4 Å². The lowest BCUT2D eigenvalue weighted by Crippen LogP contribution is -2.44. The zero-order valence-electron chi connectivity index (χ0n) is 15.1. The molecule has 0 spiro atoms. The van der Waals surface area contributed by atoms with Crippen LogP contribution in [0, 0.1) is 0 Å². The van der Waals surface area contributed by atoms with Gasteiger partial charge < -0.3 is 10.4 Å². The van der Waals surface area contributed by atoms with Gasteiger partial charge in [-0.15, -0.1) is 0 Å².